The van der Waals surface area contributed by atoms with Gasteiger partial charge < -0.3 is 5.73 Å². The highest BCUT2D eigenvalue weighted by Gasteiger charge is 2.26. The molecule has 6 nitrogen and oxygen atoms in total. The number of rotatable bonds is 5. The standard InChI is InChI=1S/C7H14N4O2S2/c1-3-5-11(4-2)15(12,13)7-10-9-6(8)14-7/h3-5H2,1-2H3,(H2,8,9). The van der Waals surface area contributed by atoms with Gasteiger partial charge in [-0.25, -0.2) is 8.42 Å². The molecule has 0 radical (unpaired) electrons. The van der Waals surface area contributed by atoms with Crippen LogP contribution in [0.25, 0.3) is 0 Å². The van der Waals surface area contributed by atoms with E-state index in [9.17, 15) is 8.42 Å². The van der Waals surface area contributed by atoms with Crippen molar-refractivity contribution in [1.29, 1.82) is 0 Å². The lowest BCUT2D eigenvalue weighted by molar-refractivity contribution is 0.426. The van der Waals surface area contributed by atoms with Gasteiger partial charge in [0.2, 0.25) is 9.47 Å². The van der Waals surface area contributed by atoms with Crippen LogP contribution in [0, 0.1) is 0 Å². The van der Waals surface area contributed by atoms with Crippen molar-refractivity contribution in [3.8, 4) is 0 Å². The summed E-state index contributed by atoms with van der Waals surface area (Å²) in [5, 5.41) is 7.22. The van der Waals surface area contributed by atoms with Crippen molar-refractivity contribution >= 4 is 26.5 Å². The molecule has 0 unspecified atom stereocenters. The van der Waals surface area contributed by atoms with Crippen LogP contribution in [0.2, 0.25) is 0 Å². The van der Waals surface area contributed by atoms with Crippen molar-refractivity contribution < 1.29 is 8.42 Å². The highest BCUT2D eigenvalue weighted by Crippen LogP contribution is 2.20. The zero-order valence-electron chi connectivity index (χ0n) is 8.67. The van der Waals surface area contributed by atoms with Gasteiger partial charge >= 0.3 is 0 Å². The number of nitrogens with zero attached hydrogens (tertiary/aromatic N) is 3. The molecule has 1 rings (SSSR count). The van der Waals surface area contributed by atoms with Gasteiger partial charge in [0.1, 0.15) is 0 Å². The molecule has 1 aromatic heterocycles. The maximum atomic E-state index is 11.9. The molecule has 0 aromatic carbocycles. The Kier molecular flexibility index (Phi) is 4.00. The molecule has 0 saturated carbocycles. The lowest BCUT2D eigenvalue weighted by Crippen LogP contribution is -2.31. The molecule has 0 aliphatic rings. The van der Waals surface area contributed by atoms with E-state index in [1.807, 2.05) is 6.92 Å². The summed E-state index contributed by atoms with van der Waals surface area (Å²) in [7, 11) is -3.49. The summed E-state index contributed by atoms with van der Waals surface area (Å²) in [5.74, 6) is 0. The summed E-state index contributed by atoms with van der Waals surface area (Å²) < 4.78 is 25.2. The van der Waals surface area contributed by atoms with Crippen LogP contribution in [-0.4, -0.2) is 36.0 Å². The minimum atomic E-state index is -3.49. The maximum Gasteiger partial charge on any atom is 0.272 e. The van der Waals surface area contributed by atoms with Crippen molar-refractivity contribution in [3.63, 3.8) is 0 Å². The number of sulfonamides is 1. The van der Waals surface area contributed by atoms with E-state index in [-0.39, 0.29) is 9.47 Å². The van der Waals surface area contributed by atoms with Gasteiger partial charge in [0.05, 0.1) is 0 Å². The average molecular weight is 250 g/mol. The number of anilines is 1. The predicted octanol–water partition coefficient (Wildman–Crippen LogP) is 0.541. The van der Waals surface area contributed by atoms with Crippen LogP contribution in [0.5, 0.6) is 0 Å². The van der Waals surface area contributed by atoms with Crippen LogP contribution in [0.1, 0.15) is 20.3 Å². The van der Waals surface area contributed by atoms with Crippen LogP contribution in [-0.2, 0) is 10.0 Å². The van der Waals surface area contributed by atoms with Gasteiger partial charge in [0.25, 0.3) is 10.0 Å². The Morgan fingerprint density at radius 1 is 1.40 bits per heavy atom. The fraction of sp³-hybridized carbons (Fsp3) is 0.714. The second-order valence-electron chi connectivity index (χ2n) is 2.90. The molecule has 0 aliphatic heterocycles. The van der Waals surface area contributed by atoms with Gasteiger partial charge in [-0.2, -0.15) is 4.31 Å². The lowest BCUT2D eigenvalue weighted by atomic mass is 10.5. The van der Waals surface area contributed by atoms with Crippen molar-refractivity contribution in [1.82, 2.24) is 14.5 Å². The van der Waals surface area contributed by atoms with Crippen LogP contribution >= 0.6 is 11.3 Å². The average Bonchev–Trinajstić information content (AvgIpc) is 2.61. The number of aromatic nitrogens is 2. The highest BCUT2D eigenvalue weighted by atomic mass is 32.2. The summed E-state index contributed by atoms with van der Waals surface area (Å²) in [5.41, 5.74) is 5.35. The van der Waals surface area contributed by atoms with Crippen LogP contribution in [0.4, 0.5) is 5.13 Å². The van der Waals surface area contributed by atoms with E-state index in [2.05, 4.69) is 10.2 Å². The first-order valence-corrected chi connectivity index (χ1v) is 6.87. The molecule has 0 atom stereocenters. The first-order valence-electron chi connectivity index (χ1n) is 4.61. The van der Waals surface area contributed by atoms with Crippen LogP contribution in [0.3, 0.4) is 0 Å². The SMILES string of the molecule is CCCN(CC)S(=O)(=O)c1nnc(N)s1. The molecule has 8 heteroatoms. The molecule has 0 bridgehead atoms. The van der Waals surface area contributed by atoms with E-state index in [1.54, 1.807) is 6.92 Å². The van der Waals surface area contributed by atoms with E-state index in [4.69, 9.17) is 5.73 Å². The first kappa shape index (κ1) is 12.3. The molecular formula is C7H14N4O2S2. The Hall–Kier alpha value is -0.730. The quantitative estimate of drug-likeness (QED) is 0.824. The monoisotopic (exact) mass is 250 g/mol. The van der Waals surface area contributed by atoms with Gasteiger partial charge in [-0.3, -0.25) is 0 Å². The van der Waals surface area contributed by atoms with E-state index in [0.29, 0.717) is 13.1 Å². The number of hydrogen-bond acceptors (Lipinski definition) is 6. The first-order chi connectivity index (χ1) is 7.02. The van der Waals surface area contributed by atoms with Crippen molar-refractivity contribution in [2.75, 3.05) is 18.8 Å². The molecular weight excluding hydrogens is 236 g/mol. The summed E-state index contributed by atoms with van der Waals surface area (Å²) in [6.45, 7) is 4.62. The van der Waals surface area contributed by atoms with Crippen LogP contribution in [0.15, 0.2) is 4.34 Å². The third-order valence-electron chi connectivity index (χ3n) is 1.81. The zero-order valence-corrected chi connectivity index (χ0v) is 10.3. The highest BCUT2D eigenvalue weighted by molar-refractivity contribution is 7.91. The summed E-state index contributed by atoms with van der Waals surface area (Å²) >= 11 is 0.890. The zero-order chi connectivity index (χ0) is 11.5. The van der Waals surface area contributed by atoms with Crippen molar-refractivity contribution in [2.24, 2.45) is 0 Å². The van der Waals surface area contributed by atoms with Crippen molar-refractivity contribution in [2.45, 2.75) is 24.6 Å². The second kappa shape index (κ2) is 4.86. The molecule has 0 amide bonds. The Morgan fingerprint density at radius 3 is 2.47 bits per heavy atom. The summed E-state index contributed by atoms with van der Waals surface area (Å²) in [4.78, 5) is 0. The Balaban J connectivity index is 3.00. The number of hydrogen-bond donors (Lipinski definition) is 1. The van der Waals surface area contributed by atoms with Gasteiger partial charge in [0, 0.05) is 13.1 Å². The topological polar surface area (TPSA) is 89.2 Å². The van der Waals surface area contributed by atoms with Gasteiger partial charge in [-0.15, -0.1) is 10.2 Å². The Morgan fingerprint density at radius 2 is 2.07 bits per heavy atom. The summed E-state index contributed by atoms with van der Waals surface area (Å²) in [6.07, 6.45) is 0.765. The summed E-state index contributed by atoms with van der Waals surface area (Å²) in [6, 6.07) is 0. The minimum absolute atomic E-state index is 0.0321. The smallest absolute Gasteiger partial charge is 0.272 e. The third-order valence-corrected chi connectivity index (χ3v) is 4.88. The largest absolute Gasteiger partial charge is 0.374 e. The molecule has 0 fully saturated rings. The third kappa shape index (κ3) is 2.64. The van der Waals surface area contributed by atoms with Gasteiger partial charge in [-0.1, -0.05) is 25.2 Å². The lowest BCUT2D eigenvalue weighted by Gasteiger charge is -2.17. The molecule has 15 heavy (non-hydrogen) atoms. The number of nitrogens with two attached hydrogens (primary N) is 1. The Labute approximate surface area is 93.2 Å². The van der Waals surface area contributed by atoms with E-state index in [1.165, 1.54) is 4.31 Å². The van der Waals surface area contributed by atoms with Crippen LogP contribution < -0.4 is 5.73 Å². The van der Waals surface area contributed by atoms with E-state index >= 15 is 0 Å². The van der Waals surface area contributed by atoms with E-state index in [0.717, 1.165) is 17.8 Å². The molecule has 0 spiro atoms. The fourth-order valence-corrected chi connectivity index (χ4v) is 3.60. The normalized spacial score (nSPS) is 12.2. The predicted molar refractivity (Wildman–Crippen MR) is 59.0 cm³/mol. The van der Waals surface area contributed by atoms with Gasteiger partial charge in [-0.05, 0) is 6.42 Å². The minimum Gasteiger partial charge on any atom is -0.374 e. The molecule has 1 heterocycles. The molecule has 0 aliphatic carbocycles. The fourth-order valence-electron chi connectivity index (χ4n) is 1.13. The Bertz CT molecular complexity index is 414. The number of nitrogen functional groups attached to an aromatic ring is 1. The van der Waals surface area contributed by atoms with E-state index < -0.39 is 10.0 Å². The van der Waals surface area contributed by atoms with Gasteiger partial charge in [0.15, 0.2) is 0 Å². The second-order valence-corrected chi connectivity index (χ2v) is 6.02. The van der Waals surface area contributed by atoms with Crippen molar-refractivity contribution in [3.05, 3.63) is 0 Å². The molecule has 2 N–H and O–H groups in total. The molecule has 86 valence electrons. The molecule has 0 saturated heterocycles. The molecule has 1 aromatic rings. The maximum absolute atomic E-state index is 11.9.